The molecule has 0 fully saturated rings. The average molecular weight is 243 g/mol. The molecular weight excluding hydrogens is 238 g/mol. The zero-order chi connectivity index (χ0) is 9.19. The fourth-order valence-electron chi connectivity index (χ4n) is 0.625. The molecule has 0 saturated carbocycles. The molecule has 0 aliphatic heterocycles. The molecular formula is C6H5Cl2O2PS. The van der Waals surface area contributed by atoms with Crippen molar-refractivity contribution in [3.8, 4) is 5.75 Å². The van der Waals surface area contributed by atoms with Crippen molar-refractivity contribution in [1.82, 2.24) is 0 Å². The largest absolute Gasteiger partial charge is 0.433 e. The summed E-state index contributed by atoms with van der Waals surface area (Å²) in [6.07, 6.45) is 0. The number of benzene rings is 1. The van der Waals surface area contributed by atoms with Gasteiger partial charge in [-0.3, -0.25) is 0 Å². The van der Waals surface area contributed by atoms with Gasteiger partial charge in [0.15, 0.2) is 0 Å². The van der Waals surface area contributed by atoms with Crippen LogP contribution in [0, 0.1) is 0 Å². The second-order valence-corrected chi connectivity index (χ2v) is 6.98. The van der Waals surface area contributed by atoms with Crippen LogP contribution in [0.5, 0.6) is 5.75 Å². The number of rotatable bonds is 2. The molecule has 0 aliphatic rings. The van der Waals surface area contributed by atoms with E-state index >= 15 is 0 Å². The molecule has 1 aromatic rings. The minimum Gasteiger partial charge on any atom is -0.433 e. The highest BCUT2D eigenvalue weighted by atomic mass is 35.7. The smallest absolute Gasteiger partial charge is 0.330 e. The van der Waals surface area contributed by atoms with Crippen LogP contribution in [0.4, 0.5) is 0 Å². The highest BCUT2D eigenvalue weighted by molar-refractivity contribution is 8.22. The molecule has 6 heteroatoms. The van der Waals surface area contributed by atoms with Gasteiger partial charge in [-0.05, 0) is 47.3 Å². The van der Waals surface area contributed by atoms with Gasteiger partial charge < -0.3 is 9.42 Å². The third-order valence-electron chi connectivity index (χ3n) is 1.03. The fourth-order valence-corrected chi connectivity index (χ4v) is 1.63. The second-order valence-electron chi connectivity index (χ2n) is 2.00. The van der Waals surface area contributed by atoms with Crippen molar-refractivity contribution in [3.63, 3.8) is 0 Å². The van der Waals surface area contributed by atoms with Crippen molar-refractivity contribution in [1.29, 1.82) is 0 Å². The van der Waals surface area contributed by atoms with Crippen LogP contribution in [-0.2, 0) is 11.8 Å². The van der Waals surface area contributed by atoms with Crippen LogP contribution in [0.1, 0.15) is 0 Å². The minimum absolute atomic E-state index is 0.417. The normalized spacial score (nSPS) is 15.2. The first-order valence-electron chi connectivity index (χ1n) is 2.95. The van der Waals surface area contributed by atoms with E-state index in [-0.39, 0.29) is 0 Å². The Morgan fingerprint density at radius 2 is 1.83 bits per heavy atom. The summed E-state index contributed by atoms with van der Waals surface area (Å²) in [4.78, 5) is 8.98. The van der Waals surface area contributed by atoms with Gasteiger partial charge in [-0.15, -0.1) is 0 Å². The fraction of sp³-hybridized carbons (Fsp3) is 0. The van der Waals surface area contributed by atoms with Crippen LogP contribution in [0.25, 0.3) is 0 Å². The molecule has 0 aliphatic carbocycles. The van der Waals surface area contributed by atoms with Gasteiger partial charge in [0.05, 0.1) is 0 Å². The molecule has 66 valence electrons. The van der Waals surface area contributed by atoms with Crippen molar-refractivity contribution in [2.45, 2.75) is 0 Å². The zero-order valence-corrected chi connectivity index (χ0v) is 9.00. The Balaban J connectivity index is 2.78. The molecule has 2 nitrogen and oxygen atoms in total. The van der Waals surface area contributed by atoms with Gasteiger partial charge >= 0.3 is 5.84 Å². The summed E-state index contributed by atoms with van der Waals surface area (Å²) in [6.45, 7) is 0. The number of hydrogen-bond acceptors (Lipinski definition) is 2. The van der Waals surface area contributed by atoms with Gasteiger partial charge in [-0.2, -0.15) is 0 Å². The van der Waals surface area contributed by atoms with Gasteiger partial charge in [0.2, 0.25) is 0 Å². The van der Waals surface area contributed by atoms with E-state index in [1.807, 2.05) is 0 Å². The molecule has 1 aromatic carbocycles. The summed E-state index contributed by atoms with van der Waals surface area (Å²) in [5, 5.41) is 0.586. The topological polar surface area (TPSA) is 29.5 Å². The Kier molecular flexibility index (Phi) is 3.38. The maximum Gasteiger partial charge on any atom is 0.330 e. The van der Waals surface area contributed by atoms with Crippen molar-refractivity contribution < 1.29 is 9.42 Å². The van der Waals surface area contributed by atoms with E-state index in [1.165, 1.54) is 0 Å². The van der Waals surface area contributed by atoms with E-state index in [4.69, 9.17) is 32.3 Å². The monoisotopic (exact) mass is 242 g/mol. The summed E-state index contributed by atoms with van der Waals surface area (Å²) in [7, 11) is 0. The van der Waals surface area contributed by atoms with Crippen LogP contribution in [0.15, 0.2) is 24.3 Å². The second kappa shape index (κ2) is 3.95. The summed E-state index contributed by atoms with van der Waals surface area (Å²) >= 11 is 15.4. The van der Waals surface area contributed by atoms with Crippen LogP contribution < -0.4 is 4.52 Å². The van der Waals surface area contributed by atoms with E-state index in [1.54, 1.807) is 24.3 Å². The lowest BCUT2D eigenvalue weighted by Gasteiger charge is -2.08. The molecule has 0 heterocycles. The molecule has 1 rings (SSSR count). The molecule has 0 radical (unpaired) electrons. The molecule has 1 N–H and O–H groups in total. The van der Waals surface area contributed by atoms with Crippen molar-refractivity contribution in [3.05, 3.63) is 29.3 Å². The van der Waals surface area contributed by atoms with E-state index in [0.29, 0.717) is 10.8 Å². The number of hydrogen-bond donors (Lipinski definition) is 1. The Morgan fingerprint density at radius 3 is 2.25 bits per heavy atom. The molecule has 1 unspecified atom stereocenters. The number of halogens is 2. The summed E-state index contributed by atoms with van der Waals surface area (Å²) in [5.74, 6) is -2.72. The Morgan fingerprint density at radius 1 is 1.33 bits per heavy atom. The standard InChI is InChI=1S/C6H5Cl2O2PS/c7-5-1-3-6(4-2-5)10-11(8,9)12/h1-4H,(H,9,12). The summed E-state index contributed by atoms with van der Waals surface area (Å²) in [6, 6.07) is 6.42. The van der Waals surface area contributed by atoms with Crippen LogP contribution in [0.2, 0.25) is 5.02 Å². The Hall–Kier alpha value is 0.210. The van der Waals surface area contributed by atoms with E-state index < -0.39 is 5.84 Å². The van der Waals surface area contributed by atoms with Crippen LogP contribution >= 0.6 is 28.7 Å². The zero-order valence-electron chi connectivity index (χ0n) is 5.78. The maximum atomic E-state index is 8.98. The van der Waals surface area contributed by atoms with Crippen molar-refractivity contribution in [2.24, 2.45) is 0 Å². The molecule has 0 spiro atoms. The predicted octanol–water partition coefficient (Wildman–Crippen LogP) is 3.17. The van der Waals surface area contributed by atoms with Crippen molar-refractivity contribution in [2.75, 3.05) is 0 Å². The molecule has 12 heavy (non-hydrogen) atoms. The minimum atomic E-state index is -3.14. The third kappa shape index (κ3) is 3.74. The highest BCUT2D eigenvalue weighted by Gasteiger charge is 2.09. The predicted molar refractivity (Wildman–Crippen MR) is 54.4 cm³/mol. The maximum absolute atomic E-state index is 8.98. The quantitative estimate of drug-likeness (QED) is 0.809. The van der Waals surface area contributed by atoms with Crippen LogP contribution in [0.3, 0.4) is 0 Å². The van der Waals surface area contributed by atoms with E-state index in [0.717, 1.165) is 0 Å². The molecule has 0 saturated heterocycles. The van der Waals surface area contributed by atoms with Gasteiger partial charge in [-0.25, -0.2) is 0 Å². The first kappa shape index (κ1) is 10.3. The molecule has 0 bridgehead atoms. The van der Waals surface area contributed by atoms with Crippen LogP contribution in [-0.4, -0.2) is 4.89 Å². The lowest BCUT2D eigenvalue weighted by atomic mass is 10.3. The Bertz CT molecular complexity index is 308. The lowest BCUT2D eigenvalue weighted by Crippen LogP contribution is -1.83. The van der Waals surface area contributed by atoms with Gasteiger partial charge in [0.1, 0.15) is 5.75 Å². The van der Waals surface area contributed by atoms with E-state index in [9.17, 15) is 0 Å². The first-order chi connectivity index (χ1) is 5.47. The summed E-state index contributed by atoms with van der Waals surface area (Å²) < 4.78 is 4.84. The highest BCUT2D eigenvalue weighted by Crippen LogP contribution is 2.47. The molecule has 0 amide bonds. The molecule has 0 aromatic heterocycles. The van der Waals surface area contributed by atoms with Gasteiger partial charge in [0, 0.05) is 5.02 Å². The Labute approximate surface area is 85.0 Å². The average Bonchev–Trinajstić information content (AvgIpc) is 1.91. The van der Waals surface area contributed by atoms with Crippen molar-refractivity contribution >= 4 is 40.5 Å². The first-order valence-corrected chi connectivity index (χ1v) is 6.90. The summed E-state index contributed by atoms with van der Waals surface area (Å²) in [5.41, 5.74) is 0. The van der Waals surface area contributed by atoms with Gasteiger partial charge in [0.25, 0.3) is 0 Å². The van der Waals surface area contributed by atoms with Gasteiger partial charge in [-0.1, -0.05) is 11.6 Å². The third-order valence-corrected chi connectivity index (χ3v) is 2.15. The molecule has 1 atom stereocenters. The SMILES string of the molecule is OP(=S)(Cl)Oc1ccc(Cl)cc1. The lowest BCUT2D eigenvalue weighted by molar-refractivity contribution is 0.503. The van der Waals surface area contributed by atoms with E-state index in [2.05, 4.69) is 11.8 Å².